The summed E-state index contributed by atoms with van der Waals surface area (Å²) in [4.78, 5) is 5.34. The average molecular weight is 451 g/mol. The Balaban J connectivity index is 1.65. The Bertz CT molecular complexity index is 885. The molecule has 33 heavy (non-hydrogen) atoms. The van der Waals surface area contributed by atoms with Gasteiger partial charge < -0.3 is 0 Å². The molecule has 0 heterocycles. The third-order valence-electron chi connectivity index (χ3n) is 6.12. The molecule has 4 aromatic carbocycles. The first-order valence-electron chi connectivity index (χ1n) is 12.0. The summed E-state index contributed by atoms with van der Waals surface area (Å²) in [5.41, 5.74) is 5.47. The number of nitrogens with zero attached hydrogens (tertiary/aromatic N) is 2. The predicted molar refractivity (Wildman–Crippen MR) is 143 cm³/mol. The fourth-order valence-corrected chi connectivity index (χ4v) is 5.59. The first kappa shape index (κ1) is 23.2. The summed E-state index contributed by atoms with van der Waals surface area (Å²) < 4.78 is 0. The molecule has 4 rings (SSSR count). The van der Waals surface area contributed by atoms with Crippen LogP contribution in [0.1, 0.15) is 22.3 Å². The largest absolute Gasteiger partial charge is 0.280 e. The summed E-state index contributed by atoms with van der Waals surface area (Å²) in [7, 11) is 1.15. The number of hydrogen-bond acceptors (Lipinski definition) is 2. The van der Waals surface area contributed by atoms with Gasteiger partial charge in [0, 0.05) is 36.4 Å². The van der Waals surface area contributed by atoms with E-state index in [0.29, 0.717) is 6.17 Å². The molecule has 0 radical (unpaired) electrons. The van der Waals surface area contributed by atoms with E-state index in [4.69, 9.17) is 0 Å². The molecule has 168 valence electrons. The van der Waals surface area contributed by atoms with Crippen LogP contribution in [0.2, 0.25) is 6.04 Å². The van der Waals surface area contributed by atoms with Gasteiger partial charge in [-0.2, -0.15) is 0 Å². The van der Waals surface area contributed by atoms with Gasteiger partial charge in [-0.1, -0.05) is 121 Å². The lowest BCUT2D eigenvalue weighted by molar-refractivity contribution is 0.0313. The molecule has 0 spiro atoms. The van der Waals surface area contributed by atoms with E-state index in [1.807, 2.05) is 0 Å². The van der Waals surface area contributed by atoms with Crippen molar-refractivity contribution in [1.82, 2.24) is 9.80 Å². The maximum Gasteiger partial charge on any atom is 0.0602 e. The highest BCUT2D eigenvalue weighted by Crippen LogP contribution is 2.22. The smallest absolute Gasteiger partial charge is 0.0602 e. The lowest BCUT2D eigenvalue weighted by atomic mass is 10.1. The van der Waals surface area contributed by atoms with Crippen molar-refractivity contribution >= 4 is 10.2 Å². The van der Waals surface area contributed by atoms with Crippen LogP contribution in [-0.4, -0.2) is 26.2 Å². The Labute approximate surface area is 201 Å². The van der Waals surface area contributed by atoms with Gasteiger partial charge in [-0.05, 0) is 28.3 Å². The van der Waals surface area contributed by atoms with Crippen molar-refractivity contribution in [2.24, 2.45) is 0 Å². The zero-order valence-corrected chi connectivity index (χ0v) is 21.6. The molecule has 4 aromatic rings. The monoisotopic (exact) mass is 450 g/mol. The number of hydrogen-bond donors (Lipinski definition) is 0. The third-order valence-corrected chi connectivity index (χ3v) is 6.85. The molecule has 0 atom stereocenters. The van der Waals surface area contributed by atoms with Crippen LogP contribution in [0.25, 0.3) is 0 Å². The minimum atomic E-state index is 0.373. The zero-order chi connectivity index (χ0) is 22.7. The molecule has 0 N–H and O–H groups in total. The number of benzene rings is 4. The topological polar surface area (TPSA) is 6.48 Å². The SMILES string of the molecule is [SiH3]CC(N(Cc1ccccc1)Cc1ccccc1)N(Cc1ccccc1)Cc1ccccc1. The summed E-state index contributed by atoms with van der Waals surface area (Å²) in [5.74, 6) is 0. The molecule has 0 saturated carbocycles. The maximum atomic E-state index is 2.67. The fraction of sp³-hybridized carbons (Fsp3) is 0.200. The molecule has 0 saturated heterocycles. The second kappa shape index (κ2) is 12.3. The normalized spacial score (nSPS) is 11.5. The Morgan fingerprint density at radius 3 is 0.879 bits per heavy atom. The molecule has 0 aromatic heterocycles. The molecule has 3 heteroatoms. The van der Waals surface area contributed by atoms with E-state index in [9.17, 15) is 0 Å². The van der Waals surface area contributed by atoms with Crippen molar-refractivity contribution in [3.05, 3.63) is 144 Å². The first-order valence-corrected chi connectivity index (χ1v) is 13.4. The summed E-state index contributed by atoms with van der Waals surface area (Å²) in [5, 5.41) is 0. The van der Waals surface area contributed by atoms with E-state index in [0.717, 1.165) is 36.4 Å². The van der Waals surface area contributed by atoms with Crippen molar-refractivity contribution in [3.8, 4) is 0 Å². The molecule has 0 aliphatic heterocycles. The quantitative estimate of drug-likeness (QED) is 0.220. The Kier molecular flexibility index (Phi) is 8.65. The molecule has 0 bridgehead atoms. The highest BCUT2D eigenvalue weighted by Gasteiger charge is 2.25. The van der Waals surface area contributed by atoms with Gasteiger partial charge in [0.05, 0.1) is 6.17 Å². The molecular weight excluding hydrogens is 416 g/mol. The van der Waals surface area contributed by atoms with Gasteiger partial charge in [0.15, 0.2) is 0 Å². The van der Waals surface area contributed by atoms with Gasteiger partial charge in [0.25, 0.3) is 0 Å². The van der Waals surface area contributed by atoms with E-state index >= 15 is 0 Å². The van der Waals surface area contributed by atoms with Crippen LogP contribution in [-0.2, 0) is 26.2 Å². The van der Waals surface area contributed by atoms with Crippen LogP contribution in [0, 0.1) is 0 Å². The van der Waals surface area contributed by atoms with Crippen LogP contribution < -0.4 is 0 Å². The summed E-state index contributed by atoms with van der Waals surface area (Å²) >= 11 is 0. The Hall–Kier alpha value is -2.98. The summed E-state index contributed by atoms with van der Waals surface area (Å²) in [6.45, 7) is 3.79. The third kappa shape index (κ3) is 7.00. The van der Waals surface area contributed by atoms with Gasteiger partial charge in [0.1, 0.15) is 0 Å². The van der Waals surface area contributed by atoms with Gasteiger partial charge in [-0.25, -0.2) is 0 Å². The summed E-state index contributed by atoms with van der Waals surface area (Å²) in [6.07, 6.45) is 0.373. The van der Waals surface area contributed by atoms with E-state index in [-0.39, 0.29) is 0 Å². The van der Waals surface area contributed by atoms with Crippen molar-refractivity contribution in [2.75, 3.05) is 0 Å². The fourth-order valence-electron chi connectivity index (χ4n) is 4.55. The first-order chi connectivity index (χ1) is 16.3. The van der Waals surface area contributed by atoms with Crippen molar-refractivity contribution < 1.29 is 0 Å². The minimum Gasteiger partial charge on any atom is -0.280 e. The number of rotatable bonds is 11. The van der Waals surface area contributed by atoms with Crippen molar-refractivity contribution in [1.29, 1.82) is 0 Å². The Morgan fingerprint density at radius 1 is 0.424 bits per heavy atom. The lowest BCUT2D eigenvalue weighted by Gasteiger charge is -2.40. The van der Waals surface area contributed by atoms with Crippen LogP contribution in [0.4, 0.5) is 0 Å². The van der Waals surface area contributed by atoms with Gasteiger partial charge in [-0.3, -0.25) is 9.80 Å². The molecule has 2 nitrogen and oxygen atoms in total. The highest BCUT2D eigenvalue weighted by atomic mass is 28.1. The van der Waals surface area contributed by atoms with E-state index in [1.165, 1.54) is 28.3 Å². The van der Waals surface area contributed by atoms with Crippen LogP contribution in [0.3, 0.4) is 0 Å². The predicted octanol–water partition coefficient (Wildman–Crippen LogP) is 5.50. The minimum absolute atomic E-state index is 0.373. The van der Waals surface area contributed by atoms with Crippen LogP contribution in [0.15, 0.2) is 121 Å². The molecular formula is C30H34N2Si. The molecule has 0 aliphatic carbocycles. The second-order valence-corrected chi connectivity index (χ2v) is 9.46. The van der Waals surface area contributed by atoms with Gasteiger partial charge in [-0.15, -0.1) is 0 Å². The van der Waals surface area contributed by atoms with E-state index in [2.05, 4.69) is 131 Å². The molecule has 0 amide bonds. The van der Waals surface area contributed by atoms with Crippen LogP contribution >= 0.6 is 0 Å². The second-order valence-electron chi connectivity index (χ2n) is 8.64. The summed E-state index contributed by atoms with van der Waals surface area (Å²) in [6, 6.07) is 44.8. The van der Waals surface area contributed by atoms with Crippen molar-refractivity contribution in [3.63, 3.8) is 0 Å². The van der Waals surface area contributed by atoms with E-state index < -0.39 is 0 Å². The molecule has 0 aliphatic rings. The van der Waals surface area contributed by atoms with E-state index in [1.54, 1.807) is 0 Å². The standard InChI is InChI=1S/C30H34N2Si/c33-25-30(31(21-26-13-5-1-6-14-26)22-27-15-7-2-8-16-27)32(23-28-17-9-3-10-18-28)24-29-19-11-4-12-20-29/h1-20,30H,21-25H2,33H3. The van der Waals surface area contributed by atoms with Gasteiger partial charge >= 0.3 is 0 Å². The van der Waals surface area contributed by atoms with Gasteiger partial charge in [0.2, 0.25) is 0 Å². The van der Waals surface area contributed by atoms with Crippen molar-refractivity contribution in [2.45, 2.75) is 38.4 Å². The Morgan fingerprint density at radius 2 is 0.667 bits per heavy atom. The maximum absolute atomic E-state index is 2.67. The zero-order valence-electron chi connectivity index (χ0n) is 19.6. The molecule has 0 unspecified atom stereocenters. The lowest BCUT2D eigenvalue weighted by Crippen LogP contribution is -2.47. The van der Waals surface area contributed by atoms with Crippen LogP contribution in [0.5, 0.6) is 0 Å². The highest BCUT2D eigenvalue weighted by molar-refractivity contribution is 6.08. The average Bonchev–Trinajstić information content (AvgIpc) is 2.87. The molecule has 0 fully saturated rings.